The van der Waals surface area contributed by atoms with E-state index in [1.165, 1.54) is 6.07 Å². The molecule has 2 aromatic carbocycles. The first kappa shape index (κ1) is 19.6. The van der Waals surface area contributed by atoms with Crippen molar-refractivity contribution in [1.29, 1.82) is 0 Å². The summed E-state index contributed by atoms with van der Waals surface area (Å²) in [6, 6.07) is 8.19. The van der Waals surface area contributed by atoms with Crippen LogP contribution in [-0.2, 0) is 14.8 Å². The SMILES string of the molecule is O=C(Nc1ccc2c(c1)OCCO2)c1ccc(F)c(S(=O)(=O)N2CCOCC2)c1. The van der Waals surface area contributed by atoms with Gasteiger partial charge >= 0.3 is 0 Å². The summed E-state index contributed by atoms with van der Waals surface area (Å²) in [7, 11) is -4.07. The van der Waals surface area contributed by atoms with Crippen LogP contribution in [0.25, 0.3) is 0 Å². The van der Waals surface area contributed by atoms with Crippen molar-refractivity contribution in [2.75, 3.05) is 44.8 Å². The maximum Gasteiger partial charge on any atom is 0.255 e. The molecule has 29 heavy (non-hydrogen) atoms. The lowest BCUT2D eigenvalue weighted by Gasteiger charge is -2.26. The molecule has 2 aliphatic rings. The zero-order valence-electron chi connectivity index (χ0n) is 15.4. The van der Waals surface area contributed by atoms with Crippen molar-refractivity contribution >= 4 is 21.6 Å². The van der Waals surface area contributed by atoms with Gasteiger partial charge in [0, 0.05) is 30.4 Å². The van der Waals surface area contributed by atoms with E-state index in [2.05, 4.69) is 5.32 Å². The largest absolute Gasteiger partial charge is 0.486 e. The molecule has 1 amide bonds. The molecule has 0 aliphatic carbocycles. The summed E-state index contributed by atoms with van der Waals surface area (Å²) in [6.07, 6.45) is 0. The molecule has 4 rings (SSSR count). The molecular formula is C19H19FN2O6S. The molecule has 0 saturated carbocycles. The Balaban J connectivity index is 1.57. The lowest BCUT2D eigenvalue weighted by Crippen LogP contribution is -2.41. The highest BCUT2D eigenvalue weighted by Gasteiger charge is 2.29. The molecular weight excluding hydrogens is 403 g/mol. The summed E-state index contributed by atoms with van der Waals surface area (Å²) in [5.41, 5.74) is 0.467. The van der Waals surface area contributed by atoms with E-state index in [0.717, 1.165) is 16.4 Å². The summed E-state index contributed by atoms with van der Waals surface area (Å²) >= 11 is 0. The maximum atomic E-state index is 14.3. The van der Waals surface area contributed by atoms with Gasteiger partial charge in [-0.3, -0.25) is 4.79 Å². The summed E-state index contributed by atoms with van der Waals surface area (Å²) < 4.78 is 57.0. The van der Waals surface area contributed by atoms with Gasteiger partial charge in [0.15, 0.2) is 11.5 Å². The van der Waals surface area contributed by atoms with Crippen LogP contribution >= 0.6 is 0 Å². The number of morpholine rings is 1. The molecule has 2 heterocycles. The summed E-state index contributed by atoms with van der Waals surface area (Å²) in [6.45, 7) is 1.61. The number of anilines is 1. The third-order valence-corrected chi connectivity index (χ3v) is 6.49. The van der Waals surface area contributed by atoms with Gasteiger partial charge < -0.3 is 19.5 Å². The molecule has 2 aliphatic heterocycles. The van der Waals surface area contributed by atoms with Crippen LogP contribution in [0.4, 0.5) is 10.1 Å². The van der Waals surface area contributed by atoms with Gasteiger partial charge in [0.2, 0.25) is 10.0 Å². The number of carbonyl (C=O) groups excluding carboxylic acids is 1. The van der Waals surface area contributed by atoms with Crippen molar-refractivity contribution in [2.45, 2.75) is 4.90 Å². The van der Waals surface area contributed by atoms with Gasteiger partial charge in [-0.05, 0) is 30.3 Å². The van der Waals surface area contributed by atoms with Crippen molar-refractivity contribution in [3.63, 3.8) is 0 Å². The molecule has 1 N–H and O–H groups in total. The lowest BCUT2D eigenvalue weighted by atomic mass is 10.2. The number of amides is 1. The molecule has 0 bridgehead atoms. The van der Waals surface area contributed by atoms with Crippen LogP contribution in [0, 0.1) is 5.82 Å². The van der Waals surface area contributed by atoms with Gasteiger partial charge in [0.25, 0.3) is 5.91 Å². The molecule has 0 radical (unpaired) electrons. The first-order valence-electron chi connectivity index (χ1n) is 9.03. The highest BCUT2D eigenvalue weighted by molar-refractivity contribution is 7.89. The summed E-state index contributed by atoms with van der Waals surface area (Å²) in [5.74, 6) is -0.397. The van der Waals surface area contributed by atoms with Crippen LogP contribution in [0.2, 0.25) is 0 Å². The van der Waals surface area contributed by atoms with Gasteiger partial charge in [-0.25, -0.2) is 12.8 Å². The van der Waals surface area contributed by atoms with E-state index in [9.17, 15) is 17.6 Å². The predicted octanol–water partition coefficient (Wildman–Crippen LogP) is 1.87. The Morgan fingerprint density at radius 2 is 1.69 bits per heavy atom. The smallest absolute Gasteiger partial charge is 0.255 e. The van der Waals surface area contributed by atoms with Gasteiger partial charge in [-0.15, -0.1) is 0 Å². The minimum absolute atomic E-state index is 0.0214. The number of benzene rings is 2. The van der Waals surface area contributed by atoms with E-state index in [1.807, 2.05) is 0 Å². The molecule has 0 spiro atoms. The number of nitrogens with one attached hydrogen (secondary N) is 1. The maximum absolute atomic E-state index is 14.3. The quantitative estimate of drug-likeness (QED) is 0.809. The third kappa shape index (κ3) is 4.04. The van der Waals surface area contributed by atoms with Gasteiger partial charge in [-0.1, -0.05) is 0 Å². The Hall–Kier alpha value is -2.69. The van der Waals surface area contributed by atoms with Gasteiger partial charge in [-0.2, -0.15) is 4.31 Å². The second-order valence-corrected chi connectivity index (χ2v) is 8.38. The van der Waals surface area contributed by atoms with Crippen LogP contribution in [-0.4, -0.2) is 58.1 Å². The Morgan fingerprint density at radius 1 is 0.966 bits per heavy atom. The van der Waals surface area contributed by atoms with Crippen LogP contribution in [0.1, 0.15) is 10.4 Å². The Labute approximate surface area is 167 Å². The van der Waals surface area contributed by atoms with E-state index in [4.69, 9.17) is 14.2 Å². The molecule has 10 heteroatoms. The Kier molecular flexibility index (Phi) is 5.39. The molecule has 1 saturated heterocycles. The second kappa shape index (κ2) is 7.97. The van der Waals surface area contributed by atoms with Gasteiger partial charge in [0.05, 0.1) is 13.2 Å². The standard InChI is InChI=1S/C19H19FN2O6S/c20-15-3-1-13(11-18(15)29(24,25)22-5-7-26-8-6-22)19(23)21-14-2-4-16-17(12-14)28-10-9-27-16/h1-4,11-12H,5-10H2,(H,21,23). The zero-order chi connectivity index (χ0) is 20.4. The van der Waals surface area contributed by atoms with E-state index < -0.39 is 26.6 Å². The average Bonchev–Trinajstić information content (AvgIpc) is 2.74. The second-order valence-electron chi connectivity index (χ2n) is 6.47. The highest BCUT2D eigenvalue weighted by Crippen LogP contribution is 2.32. The van der Waals surface area contributed by atoms with Crippen molar-refractivity contribution in [3.8, 4) is 11.5 Å². The topological polar surface area (TPSA) is 94.2 Å². The van der Waals surface area contributed by atoms with Crippen molar-refractivity contribution in [3.05, 3.63) is 47.8 Å². The van der Waals surface area contributed by atoms with Crippen LogP contribution in [0.5, 0.6) is 11.5 Å². The number of hydrogen-bond acceptors (Lipinski definition) is 6. The van der Waals surface area contributed by atoms with E-state index in [1.54, 1.807) is 18.2 Å². The minimum Gasteiger partial charge on any atom is -0.486 e. The highest BCUT2D eigenvalue weighted by atomic mass is 32.2. The molecule has 0 aromatic heterocycles. The molecule has 2 aromatic rings. The Morgan fingerprint density at radius 3 is 2.45 bits per heavy atom. The minimum atomic E-state index is -4.07. The summed E-state index contributed by atoms with van der Waals surface area (Å²) in [4.78, 5) is 12.1. The molecule has 0 unspecified atom stereocenters. The van der Waals surface area contributed by atoms with Crippen LogP contribution < -0.4 is 14.8 Å². The number of fused-ring (bicyclic) bond motifs is 1. The van der Waals surface area contributed by atoms with E-state index in [-0.39, 0.29) is 31.9 Å². The number of ether oxygens (including phenoxy) is 3. The molecule has 1 fully saturated rings. The van der Waals surface area contributed by atoms with Crippen molar-refractivity contribution < 1.29 is 31.8 Å². The molecule has 0 atom stereocenters. The fourth-order valence-corrected chi connectivity index (χ4v) is 4.59. The number of sulfonamides is 1. The predicted molar refractivity (Wildman–Crippen MR) is 101 cm³/mol. The first-order valence-corrected chi connectivity index (χ1v) is 10.5. The number of hydrogen-bond donors (Lipinski definition) is 1. The van der Waals surface area contributed by atoms with E-state index >= 15 is 0 Å². The number of rotatable bonds is 4. The normalized spacial score (nSPS) is 17.0. The molecule has 154 valence electrons. The number of nitrogens with zero attached hydrogens (tertiary/aromatic N) is 1. The lowest BCUT2D eigenvalue weighted by molar-refractivity contribution is 0.0729. The van der Waals surface area contributed by atoms with Crippen LogP contribution in [0.3, 0.4) is 0 Å². The average molecular weight is 422 g/mol. The summed E-state index contributed by atoms with van der Waals surface area (Å²) in [5, 5.41) is 2.66. The van der Waals surface area contributed by atoms with Crippen molar-refractivity contribution in [1.82, 2.24) is 4.31 Å². The molecule has 8 nitrogen and oxygen atoms in total. The Bertz CT molecular complexity index is 1040. The van der Waals surface area contributed by atoms with E-state index in [0.29, 0.717) is 30.4 Å². The monoisotopic (exact) mass is 422 g/mol. The zero-order valence-corrected chi connectivity index (χ0v) is 16.2. The number of carbonyl (C=O) groups is 1. The fourth-order valence-electron chi connectivity index (χ4n) is 3.09. The fraction of sp³-hybridized carbons (Fsp3) is 0.316. The number of halogens is 1. The van der Waals surface area contributed by atoms with Crippen molar-refractivity contribution in [2.24, 2.45) is 0 Å². The first-order chi connectivity index (χ1) is 13.9. The third-order valence-electron chi connectivity index (χ3n) is 4.58. The van der Waals surface area contributed by atoms with Gasteiger partial charge in [0.1, 0.15) is 23.9 Å². The van der Waals surface area contributed by atoms with Crippen LogP contribution in [0.15, 0.2) is 41.3 Å².